The molecule has 128 valence electrons. The quantitative estimate of drug-likeness (QED) is 0.534. The number of carbonyl (C=O) groups is 1. The van der Waals surface area contributed by atoms with Crippen LogP contribution < -0.4 is 0 Å². The normalized spacial score (nSPS) is 13.2. The summed E-state index contributed by atoms with van der Waals surface area (Å²) in [5.41, 5.74) is 5.14. The minimum Gasteiger partial charge on any atom is -0.439 e. The molecule has 26 heavy (non-hydrogen) atoms. The summed E-state index contributed by atoms with van der Waals surface area (Å²) in [5, 5.41) is 9.01. The van der Waals surface area contributed by atoms with Crippen molar-refractivity contribution < 1.29 is 9.53 Å². The van der Waals surface area contributed by atoms with E-state index in [4.69, 9.17) is 9.72 Å². The SMILES string of the molecule is O=C(OCn1nnc2ccccc21)c1c2c(nc3ccccc13)CCC2. The number of hydrogen-bond acceptors (Lipinski definition) is 5. The molecule has 0 radical (unpaired) electrons. The van der Waals surface area contributed by atoms with Crippen LogP contribution in [0.1, 0.15) is 28.0 Å². The third kappa shape index (κ3) is 2.34. The Morgan fingerprint density at radius 1 is 1.04 bits per heavy atom. The van der Waals surface area contributed by atoms with E-state index in [0.717, 1.165) is 52.5 Å². The van der Waals surface area contributed by atoms with E-state index in [1.165, 1.54) is 0 Å². The van der Waals surface area contributed by atoms with Crippen molar-refractivity contribution in [2.24, 2.45) is 0 Å². The van der Waals surface area contributed by atoms with Gasteiger partial charge in [-0.1, -0.05) is 35.5 Å². The molecule has 6 heteroatoms. The number of benzene rings is 2. The number of aromatic nitrogens is 4. The number of rotatable bonds is 3. The molecule has 6 nitrogen and oxygen atoms in total. The first-order valence-corrected chi connectivity index (χ1v) is 8.67. The van der Waals surface area contributed by atoms with Crippen LogP contribution in [0.2, 0.25) is 0 Å². The average molecular weight is 344 g/mol. The highest BCUT2D eigenvalue weighted by Gasteiger charge is 2.24. The first-order valence-electron chi connectivity index (χ1n) is 8.67. The molecule has 4 aromatic rings. The lowest BCUT2D eigenvalue weighted by Crippen LogP contribution is -2.14. The monoisotopic (exact) mass is 344 g/mol. The minimum absolute atomic E-state index is 0.0325. The zero-order valence-electron chi connectivity index (χ0n) is 14.1. The van der Waals surface area contributed by atoms with Crippen LogP contribution in [-0.2, 0) is 24.3 Å². The number of esters is 1. The fraction of sp³-hybridized carbons (Fsp3) is 0.200. The van der Waals surface area contributed by atoms with E-state index >= 15 is 0 Å². The molecule has 2 heterocycles. The predicted octanol–water partition coefficient (Wildman–Crippen LogP) is 3.28. The highest BCUT2D eigenvalue weighted by Crippen LogP contribution is 2.30. The van der Waals surface area contributed by atoms with E-state index < -0.39 is 0 Å². The summed E-state index contributed by atoms with van der Waals surface area (Å²) in [6, 6.07) is 15.3. The van der Waals surface area contributed by atoms with E-state index in [-0.39, 0.29) is 12.7 Å². The van der Waals surface area contributed by atoms with Gasteiger partial charge < -0.3 is 4.74 Å². The highest BCUT2D eigenvalue weighted by atomic mass is 16.5. The molecule has 5 rings (SSSR count). The third-order valence-electron chi connectivity index (χ3n) is 4.86. The van der Waals surface area contributed by atoms with Crippen molar-refractivity contribution in [2.45, 2.75) is 26.0 Å². The van der Waals surface area contributed by atoms with Gasteiger partial charge in [0.1, 0.15) is 5.52 Å². The fourth-order valence-corrected chi connectivity index (χ4v) is 3.65. The maximum absolute atomic E-state index is 12.9. The van der Waals surface area contributed by atoms with Crippen molar-refractivity contribution in [3.63, 3.8) is 0 Å². The maximum Gasteiger partial charge on any atom is 0.340 e. The lowest BCUT2D eigenvalue weighted by atomic mass is 10.0. The number of para-hydroxylation sites is 2. The van der Waals surface area contributed by atoms with E-state index in [9.17, 15) is 4.79 Å². The third-order valence-corrected chi connectivity index (χ3v) is 4.86. The van der Waals surface area contributed by atoms with E-state index in [1.54, 1.807) is 4.68 Å². The molecule has 0 bridgehead atoms. The molecule has 1 aliphatic carbocycles. The van der Waals surface area contributed by atoms with Crippen molar-refractivity contribution in [2.75, 3.05) is 0 Å². The molecule has 0 saturated heterocycles. The number of fused-ring (bicyclic) bond motifs is 3. The van der Waals surface area contributed by atoms with Crippen LogP contribution in [0.4, 0.5) is 0 Å². The van der Waals surface area contributed by atoms with Gasteiger partial charge in [0, 0.05) is 11.1 Å². The van der Waals surface area contributed by atoms with Gasteiger partial charge in [-0.2, -0.15) is 0 Å². The second kappa shape index (κ2) is 5.91. The standard InChI is InChI=1S/C20H16N4O2/c25-20(26-12-24-18-11-4-3-9-17(18)22-23-24)19-13-6-1-2-8-15(13)21-16-10-5-7-14(16)19/h1-4,6,8-9,11H,5,7,10,12H2. The number of hydrogen-bond donors (Lipinski definition) is 0. The van der Waals surface area contributed by atoms with Gasteiger partial charge in [-0.3, -0.25) is 4.98 Å². The van der Waals surface area contributed by atoms with Crippen molar-refractivity contribution in [3.05, 3.63) is 65.4 Å². The Balaban J connectivity index is 1.51. The molecule has 0 unspecified atom stereocenters. The van der Waals surface area contributed by atoms with E-state index in [1.807, 2.05) is 48.5 Å². The van der Waals surface area contributed by atoms with Gasteiger partial charge in [-0.25, -0.2) is 9.48 Å². The molecule has 0 atom stereocenters. The van der Waals surface area contributed by atoms with Crippen molar-refractivity contribution >= 4 is 27.9 Å². The van der Waals surface area contributed by atoms with Crippen LogP contribution in [0.5, 0.6) is 0 Å². The topological polar surface area (TPSA) is 69.9 Å². The van der Waals surface area contributed by atoms with Crippen molar-refractivity contribution in [1.82, 2.24) is 20.0 Å². The molecule has 0 fully saturated rings. The van der Waals surface area contributed by atoms with Crippen molar-refractivity contribution in [1.29, 1.82) is 0 Å². The molecule has 2 aromatic carbocycles. The summed E-state index contributed by atoms with van der Waals surface area (Å²) in [7, 11) is 0. The van der Waals surface area contributed by atoms with Crippen LogP contribution in [-0.4, -0.2) is 25.9 Å². The number of ether oxygens (including phenoxy) is 1. The Morgan fingerprint density at radius 2 is 1.85 bits per heavy atom. The van der Waals surface area contributed by atoms with Gasteiger partial charge >= 0.3 is 5.97 Å². The predicted molar refractivity (Wildman–Crippen MR) is 96.7 cm³/mol. The number of pyridine rings is 1. The van der Waals surface area contributed by atoms with Gasteiger partial charge in [0.15, 0.2) is 6.73 Å². The summed E-state index contributed by atoms with van der Waals surface area (Å²) in [6.45, 7) is 0.0325. The molecule has 1 aliphatic rings. The summed E-state index contributed by atoms with van der Waals surface area (Å²) >= 11 is 0. The van der Waals surface area contributed by atoms with Gasteiger partial charge in [-0.15, -0.1) is 5.10 Å². The van der Waals surface area contributed by atoms with Gasteiger partial charge in [-0.05, 0) is 43.0 Å². The van der Waals surface area contributed by atoms with Crippen LogP contribution in [0.25, 0.3) is 21.9 Å². The highest BCUT2D eigenvalue weighted by molar-refractivity contribution is 6.05. The number of carbonyl (C=O) groups excluding carboxylic acids is 1. The average Bonchev–Trinajstić information content (AvgIpc) is 3.30. The molecule has 2 aromatic heterocycles. The maximum atomic E-state index is 12.9. The Labute approximate surface area is 149 Å². The van der Waals surface area contributed by atoms with Crippen molar-refractivity contribution in [3.8, 4) is 0 Å². The molecule has 0 spiro atoms. The summed E-state index contributed by atoms with van der Waals surface area (Å²) in [5.74, 6) is -0.332. The summed E-state index contributed by atoms with van der Waals surface area (Å²) in [6.07, 6.45) is 2.80. The van der Waals surface area contributed by atoms with Gasteiger partial charge in [0.2, 0.25) is 0 Å². The molecular formula is C20H16N4O2. The van der Waals surface area contributed by atoms with Crippen LogP contribution in [0, 0.1) is 0 Å². The Morgan fingerprint density at radius 3 is 2.77 bits per heavy atom. The number of aryl methyl sites for hydroxylation is 1. The minimum atomic E-state index is -0.332. The molecular weight excluding hydrogens is 328 g/mol. The zero-order valence-corrected chi connectivity index (χ0v) is 14.1. The molecule has 0 N–H and O–H groups in total. The second-order valence-corrected chi connectivity index (χ2v) is 6.42. The second-order valence-electron chi connectivity index (χ2n) is 6.42. The molecule has 0 amide bonds. The van der Waals surface area contributed by atoms with Gasteiger partial charge in [0.05, 0.1) is 16.6 Å². The lowest BCUT2D eigenvalue weighted by molar-refractivity contribution is 0.0356. The number of nitrogens with zero attached hydrogens (tertiary/aromatic N) is 4. The first-order chi connectivity index (χ1) is 12.8. The Bertz CT molecular complexity index is 1150. The van der Waals surface area contributed by atoms with E-state index in [0.29, 0.717) is 5.56 Å². The summed E-state index contributed by atoms with van der Waals surface area (Å²) < 4.78 is 7.20. The van der Waals surface area contributed by atoms with Crippen LogP contribution in [0.3, 0.4) is 0 Å². The Hall–Kier alpha value is -3.28. The van der Waals surface area contributed by atoms with E-state index in [2.05, 4.69) is 10.3 Å². The summed E-state index contributed by atoms with van der Waals surface area (Å²) in [4.78, 5) is 17.7. The van der Waals surface area contributed by atoms with Crippen LogP contribution in [0.15, 0.2) is 48.5 Å². The van der Waals surface area contributed by atoms with Gasteiger partial charge in [0.25, 0.3) is 0 Å². The fourth-order valence-electron chi connectivity index (χ4n) is 3.65. The Kier molecular flexibility index (Phi) is 3.41. The largest absolute Gasteiger partial charge is 0.439 e. The first kappa shape index (κ1) is 15.0. The van der Waals surface area contributed by atoms with Crippen LogP contribution >= 0.6 is 0 Å². The smallest absolute Gasteiger partial charge is 0.340 e. The zero-order chi connectivity index (χ0) is 17.5. The lowest BCUT2D eigenvalue weighted by Gasteiger charge is -2.12. The molecule has 0 saturated carbocycles. The molecule has 0 aliphatic heterocycles.